The lowest BCUT2D eigenvalue weighted by atomic mass is 10.2. The normalized spacial score (nSPS) is 12.4. The molecule has 2 heterocycles. The van der Waals surface area contributed by atoms with Gasteiger partial charge in [-0.2, -0.15) is 4.98 Å². The minimum atomic E-state index is -1.11. The van der Waals surface area contributed by atoms with Gasteiger partial charge in [-0.3, -0.25) is 9.36 Å². The zero-order chi connectivity index (χ0) is 22.0. The van der Waals surface area contributed by atoms with Crippen LogP contribution in [0.2, 0.25) is 0 Å². The van der Waals surface area contributed by atoms with E-state index in [0.717, 1.165) is 0 Å². The number of hydrogen-bond donors (Lipinski definition) is 3. The number of amides is 1. The van der Waals surface area contributed by atoms with E-state index in [1.165, 1.54) is 6.20 Å². The van der Waals surface area contributed by atoms with Crippen molar-refractivity contribution in [2.75, 3.05) is 10.6 Å². The summed E-state index contributed by atoms with van der Waals surface area (Å²) in [4.78, 5) is 24.2. The third kappa shape index (κ3) is 4.61. The van der Waals surface area contributed by atoms with Crippen molar-refractivity contribution >= 4 is 34.7 Å². The van der Waals surface area contributed by atoms with E-state index in [1.54, 1.807) is 11.5 Å². The third-order valence-corrected chi connectivity index (χ3v) is 4.34. The topological polar surface area (TPSA) is 111 Å². The summed E-state index contributed by atoms with van der Waals surface area (Å²) in [6.45, 7) is 5.64. The monoisotopic (exact) mass is 421 g/mol. The zero-order valence-electron chi connectivity index (χ0n) is 16.7. The number of imidazole rings is 1. The molecule has 1 amide bonds. The molecule has 0 bridgehead atoms. The number of primary amides is 1. The highest BCUT2D eigenvalue weighted by Crippen LogP contribution is 2.30. The summed E-state index contributed by atoms with van der Waals surface area (Å²) in [5.41, 5.74) is 5.47. The van der Waals surface area contributed by atoms with E-state index in [4.69, 9.17) is 5.73 Å². The van der Waals surface area contributed by atoms with Gasteiger partial charge >= 0.3 is 0 Å². The predicted molar refractivity (Wildman–Crippen MR) is 107 cm³/mol. The number of nitrogens with one attached hydrogen (secondary N) is 2. The van der Waals surface area contributed by atoms with Gasteiger partial charge in [0.1, 0.15) is 17.0 Å². The Morgan fingerprint density at radius 1 is 1.17 bits per heavy atom. The van der Waals surface area contributed by atoms with Gasteiger partial charge in [0.15, 0.2) is 17.3 Å². The predicted octanol–water partition coefficient (Wildman–Crippen LogP) is 3.63. The van der Waals surface area contributed by atoms with Gasteiger partial charge < -0.3 is 16.4 Å². The number of fused-ring (bicyclic) bond motifs is 1. The lowest BCUT2D eigenvalue weighted by Gasteiger charge is -2.18. The van der Waals surface area contributed by atoms with E-state index in [0.29, 0.717) is 35.7 Å². The van der Waals surface area contributed by atoms with Crippen LogP contribution in [0.15, 0.2) is 18.3 Å². The standard InChI is InChI=1S/C19H22F3N7O/c1-9(2)25-18-24-8-14-17(28-18)29(10(3)4-5-15(23)30)19(26-14)27-16-12(21)6-11(20)7-13(16)22/h6-10H,4-5H2,1-3H3,(H2,23,30)(H,26,27)(H,24,25,28). The molecule has 0 fully saturated rings. The average Bonchev–Trinajstić information content (AvgIpc) is 2.99. The molecule has 2 aromatic heterocycles. The van der Waals surface area contributed by atoms with E-state index in [1.807, 2.05) is 13.8 Å². The molecule has 1 atom stereocenters. The van der Waals surface area contributed by atoms with Crippen LogP contribution in [0.4, 0.5) is 30.8 Å². The Labute approximate surface area is 170 Å². The maximum absolute atomic E-state index is 14.2. The number of anilines is 3. The van der Waals surface area contributed by atoms with Crippen LogP contribution in [0.25, 0.3) is 11.2 Å². The maximum Gasteiger partial charge on any atom is 0.224 e. The Hall–Kier alpha value is -3.37. The second-order valence-corrected chi connectivity index (χ2v) is 7.23. The van der Waals surface area contributed by atoms with Crippen molar-refractivity contribution in [2.24, 2.45) is 5.73 Å². The van der Waals surface area contributed by atoms with Gasteiger partial charge in [-0.05, 0) is 27.2 Å². The van der Waals surface area contributed by atoms with Crippen molar-refractivity contribution in [3.63, 3.8) is 0 Å². The molecule has 1 unspecified atom stereocenters. The number of nitrogens with zero attached hydrogens (tertiary/aromatic N) is 4. The van der Waals surface area contributed by atoms with E-state index >= 15 is 0 Å². The Morgan fingerprint density at radius 3 is 2.43 bits per heavy atom. The number of benzene rings is 1. The number of rotatable bonds is 8. The minimum absolute atomic E-state index is 0.0716. The molecule has 0 aliphatic rings. The fourth-order valence-electron chi connectivity index (χ4n) is 2.98. The van der Waals surface area contributed by atoms with Gasteiger partial charge in [-0.1, -0.05) is 0 Å². The summed E-state index contributed by atoms with van der Waals surface area (Å²) in [6, 6.07) is 0.864. The fourth-order valence-corrected chi connectivity index (χ4v) is 2.98. The molecular weight excluding hydrogens is 399 g/mol. The van der Waals surface area contributed by atoms with Gasteiger partial charge in [0.05, 0.1) is 6.20 Å². The van der Waals surface area contributed by atoms with Crippen LogP contribution in [-0.4, -0.2) is 31.5 Å². The molecule has 0 saturated heterocycles. The summed E-state index contributed by atoms with van der Waals surface area (Å²) < 4.78 is 43.2. The Kier molecular flexibility index (Phi) is 6.09. The molecular formula is C19H22F3N7O. The van der Waals surface area contributed by atoms with Crippen molar-refractivity contribution in [3.05, 3.63) is 35.8 Å². The number of carbonyl (C=O) groups is 1. The van der Waals surface area contributed by atoms with Gasteiger partial charge in [0.25, 0.3) is 0 Å². The highest BCUT2D eigenvalue weighted by Gasteiger charge is 2.21. The molecule has 3 aromatic rings. The molecule has 0 radical (unpaired) electrons. The lowest BCUT2D eigenvalue weighted by Crippen LogP contribution is -2.16. The molecule has 3 rings (SSSR count). The first-order chi connectivity index (χ1) is 14.2. The van der Waals surface area contributed by atoms with Crippen molar-refractivity contribution in [2.45, 2.75) is 45.7 Å². The summed E-state index contributed by atoms with van der Waals surface area (Å²) in [7, 11) is 0. The SMILES string of the molecule is CC(C)Nc1ncc2nc(Nc3c(F)cc(F)cc3F)n(C(C)CCC(N)=O)c2n1. The quantitative estimate of drug-likeness (QED) is 0.512. The summed E-state index contributed by atoms with van der Waals surface area (Å²) in [5.74, 6) is -3.30. The third-order valence-electron chi connectivity index (χ3n) is 4.34. The molecule has 160 valence electrons. The molecule has 0 spiro atoms. The molecule has 4 N–H and O–H groups in total. The van der Waals surface area contributed by atoms with Crippen molar-refractivity contribution in [1.29, 1.82) is 0 Å². The first-order valence-corrected chi connectivity index (χ1v) is 9.37. The highest BCUT2D eigenvalue weighted by atomic mass is 19.1. The second-order valence-electron chi connectivity index (χ2n) is 7.23. The van der Waals surface area contributed by atoms with Crippen molar-refractivity contribution in [1.82, 2.24) is 19.5 Å². The Bertz CT molecular complexity index is 1060. The first kappa shape index (κ1) is 21.3. The molecule has 30 heavy (non-hydrogen) atoms. The summed E-state index contributed by atoms with van der Waals surface area (Å²) >= 11 is 0. The highest BCUT2D eigenvalue weighted by molar-refractivity contribution is 5.77. The summed E-state index contributed by atoms with van der Waals surface area (Å²) in [5, 5.41) is 5.66. The molecule has 1 aromatic carbocycles. The smallest absolute Gasteiger partial charge is 0.224 e. The number of hydrogen-bond acceptors (Lipinski definition) is 6. The van der Waals surface area contributed by atoms with Crippen LogP contribution in [0, 0.1) is 17.5 Å². The first-order valence-electron chi connectivity index (χ1n) is 9.37. The summed E-state index contributed by atoms with van der Waals surface area (Å²) in [6.07, 6.45) is 1.93. The molecule has 0 aliphatic heterocycles. The maximum atomic E-state index is 14.2. The number of nitrogens with two attached hydrogens (primary N) is 1. The second kappa shape index (κ2) is 8.56. The number of carbonyl (C=O) groups excluding carboxylic acids is 1. The average molecular weight is 421 g/mol. The van der Waals surface area contributed by atoms with Crippen LogP contribution in [0.3, 0.4) is 0 Å². The van der Waals surface area contributed by atoms with E-state index < -0.39 is 29.0 Å². The molecule has 0 aliphatic carbocycles. The zero-order valence-corrected chi connectivity index (χ0v) is 16.7. The number of aromatic nitrogens is 4. The minimum Gasteiger partial charge on any atom is -0.370 e. The number of halogens is 3. The Morgan fingerprint density at radius 2 is 1.83 bits per heavy atom. The Balaban J connectivity index is 2.10. The fraction of sp³-hybridized carbons (Fsp3) is 0.368. The largest absolute Gasteiger partial charge is 0.370 e. The van der Waals surface area contributed by atoms with E-state index in [9.17, 15) is 18.0 Å². The molecule has 0 saturated carbocycles. The van der Waals surface area contributed by atoms with Crippen molar-refractivity contribution < 1.29 is 18.0 Å². The van der Waals surface area contributed by atoms with Gasteiger partial charge in [0.2, 0.25) is 17.8 Å². The van der Waals surface area contributed by atoms with Crippen LogP contribution in [0.5, 0.6) is 0 Å². The van der Waals surface area contributed by atoms with E-state index in [-0.39, 0.29) is 24.5 Å². The van der Waals surface area contributed by atoms with Crippen molar-refractivity contribution in [3.8, 4) is 0 Å². The van der Waals surface area contributed by atoms with Crippen LogP contribution in [0.1, 0.15) is 39.7 Å². The van der Waals surface area contributed by atoms with Crippen LogP contribution < -0.4 is 16.4 Å². The van der Waals surface area contributed by atoms with E-state index in [2.05, 4.69) is 25.6 Å². The van der Waals surface area contributed by atoms with Gasteiger partial charge in [0, 0.05) is 30.6 Å². The van der Waals surface area contributed by atoms with Crippen LogP contribution in [-0.2, 0) is 4.79 Å². The molecule has 11 heteroatoms. The molecule has 8 nitrogen and oxygen atoms in total. The van der Waals surface area contributed by atoms with Gasteiger partial charge in [-0.25, -0.2) is 23.1 Å². The van der Waals surface area contributed by atoms with Crippen LogP contribution >= 0.6 is 0 Å². The van der Waals surface area contributed by atoms with Gasteiger partial charge in [-0.15, -0.1) is 0 Å². The lowest BCUT2D eigenvalue weighted by molar-refractivity contribution is -0.118.